The van der Waals surface area contributed by atoms with Crippen LogP contribution in [0, 0.1) is 13.8 Å². The van der Waals surface area contributed by atoms with E-state index in [1.807, 2.05) is 32.2 Å². The molecule has 3 heterocycles. The van der Waals surface area contributed by atoms with Crippen molar-refractivity contribution in [3.05, 3.63) is 86.3 Å². The monoisotopic (exact) mass is 515 g/mol. The summed E-state index contributed by atoms with van der Waals surface area (Å²) in [5.74, 6) is -0.459. The van der Waals surface area contributed by atoms with Crippen molar-refractivity contribution in [2.75, 3.05) is 6.54 Å². The minimum atomic E-state index is -0.855. The number of pyridine rings is 1. The Morgan fingerprint density at radius 1 is 1.21 bits per heavy atom. The van der Waals surface area contributed by atoms with E-state index in [1.54, 1.807) is 10.7 Å². The molecular formula is C29H33N5O4. The number of hydrogen-bond acceptors (Lipinski definition) is 6. The Kier molecular flexibility index (Phi) is 7.03. The molecule has 2 atom stereocenters. The molecule has 0 amide bonds. The minimum absolute atomic E-state index is 0.00626. The van der Waals surface area contributed by atoms with Crippen LogP contribution < -0.4 is 10.3 Å². The summed E-state index contributed by atoms with van der Waals surface area (Å²) in [5.41, 5.74) is 7.41. The molecule has 1 aliphatic heterocycles. The van der Waals surface area contributed by atoms with Crippen LogP contribution in [0.5, 0.6) is 5.75 Å². The number of aryl methyl sites for hydroxylation is 3. The Balaban J connectivity index is 1.50. The van der Waals surface area contributed by atoms with Gasteiger partial charge < -0.3 is 14.8 Å². The standard InChI is InChI=1S/C29H33N5O4/c1-5-21-15-34(16-24-26(38-21)10-11-27(35)30-24)14-20-12-19(7-6-17(20)2)23(13-28(36)37)22-8-9-25-29(18(22)3)31-32-33(25)4/h6-12,21,23H,5,13-16H2,1-4H3,(H,30,35)(H,36,37)/t21-,23-/m0/s1. The molecular weight excluding hydrogens is 482 g/mol. The Morgan fingerprint density at radius 2 is 2.03 bits per heavy atom. The lowest BCUT2D eigenvalue weighted by molar-refractivity contribution is -0.137. The fourth-order valence-electron chi connectivity index (χ4n) is 5.39. The van der Waals surface area contributed by atoms with Gasteiger partial charge in [-0.15, -0.1) is 5.10 Å². The molecule has 0 aliphatic carbocycles. The third-order valence-electron chi connectivity index (χ3n) is 7.55. The molecule has 38 heavy (non-hydrogen) atoms. The van der Waals surface area contributed by atoms with Gasteiger partial charge in [-0.25, -0.2) is 4.68 Å². The zero-order valence-corrected chi connectivity index (χ0v) is 22.2. The van der Waals surface area contributed by atoms with Crippen LogP contribution in [0.2, 0.25) is 0 Å². The second-order valence-electron chi connectivity index (χ2n) is 10.2. The van der Waals surface area contributed by atoms with Gasteiger partial charge >= 0.3 is 5.97 Å². The van der Waals surface area contributed by atoms with Crippen molar-refractivity contribution in [2.24, 2.45) is 7.05 Å². The third kappa shape index (κ3) is 5.06. The summed E-state index contributed by atoms with van der Waals surface area (Å²) in [6.07, 6.45) is 0.824. The van der Waals surface area contributed by atoms with Gasteiger partial charge in [0.15, 0.2) is 0 Å². The molecule has 0 saturated heterocycles. The first-order chi connectivity index (χ1) is 18.2. The van der Waals surface area contributed by atoms with Gasteiger partial charge in [-0.2, -0.15) is 0 Å². The first-order valence-corrected chi connectivity index (χ1v) is 12.9. The van der Waals surface area contributed by atoms with Gasteiger partial charge in [0.25, 0.3) is 0 Å². The summed E-state index contributed by atoms with van der Waals surface area (Å²) in [6.45, 7) is 8.08. The normalized spacial score (nSPS) is 16.6. The summed E-state index contributed by atoms with van der Waals surface area (Å²) >= 11 is 0. The molecule has 0 fully saturated rings. The number of aromatic nitrogens is 4. The SMILES string of the molecule is CC[C@H]1CN(Cc2cc([C@H](CC(=O)O)c3ccc4c(nnn4C)c3C)ccc2C)Cc2[nH]c(=O)ccc2O1. The van der Waals surface area contributed by atoms with Crippen molar-refractivity contribution in [1.29, 1.82) is 0 Å². The summed E-state index contributed by atoms with van der Waals surface area (Å²) in [7, 11) is 1.85. The molecule has 0 spiro atoms. The van der Waals surface area contributed by atoms with Crippen molar-refractivity contribution in [2.45, 2.75) is 58.7 Å². The van der Waals surface area contributed by atoms with Crippen molar-refractivity contribution in [3.63, 3.8) is 0 Å². The number of carbonyl (C=O) groups is 1. The smallest absolute Gasteiger partial charge is 0.304 e. The van der Waals surface area contributed by atoms with Crippen LogP contribution in [0.25, 0.3) is 11.0 Å². The van der Waals surface area contributed by atoms with Crippen molar-refractivity contribution >= 4 is 17.0 Å². The van der Waals surface area contributed by atoms with E-state index in [0.717, 1.165) is 63.3 Å². The van der Waals surface area contributed by atoms with E-state index in [4.69, 9.17) is 4.74 Å². The van der Waals surface area contributed by atoms with E-state index in [1.165, 1.54) is 6.07 Å². The lowest BCUT2D eigenvalue weighted by Crippen LogP contribution is -2.32. The number of H-pyrrole nitrogens is 1. The van der Waals surface area contributed by atoms with Gasteiger partial charge in [0.1, 0.15) is 17.4 Å². The molecule has 0 unspecified atom stereocenters. The van der Waals surface area contributed by atoms with Gasteiger partial charge in [-0.1, -0.05) is 36.4 Å². The Labute approximate surface area is 221 Å². The summed E-state index contributed by atoms with van der Waals surface area (Å²) in [4.78, 5) is 29.2. The second-order valence-corrected chi connectivity index (χ2v) is 10.2. The van der Waals surface area contributed by atoms with Crippen LogP contribution in [-0.4, -0.2) is 48.6 Å². The van der Waals surface area contributed by atoms with Crippen LogP contribution in [-0.2, 0) is 24.9 Å². The molecule has 1 aliphatic rings. The fraction of sp³-hybridized carbons (Fsp3) is 0.379. The number of hydrogen-bond donors (Lipinski definition) is 2. The molecule has 4 aromatic rings. The Morgan fingerprint density at radius 3 is 2.79 bits per heavy atom. The van der Waals surface area contributed by atoms with Gasteiger partial charge in [-0.05, 0) is 60.2 Å². The number of nitrogens with one attached hydrogen (secondary N) is 1. The van der Waals surface area contributed by atoms with E-state index in [0.29, 0.717) is 13.1 Å². The van der Waals surface area contributed by atoms with Gasteiger partial charge in [0, 0.05) is 38.7 Å². The van der Waals surface area contributed by atoms with Gasteiger partial charge in [0.2, 0.25) is 5.56 Å². The largest absolute Gasteiger partial charge is 0.487 e. The number of nitrogens with zero attached hydrogens (tertiary/aromatic N) is 4. The maximum atomic E-state index is 12.0. The van der Waals surface area contributed by atoms with Crippen LogP contribution in [0.3, 0.4) is 0 Å². The number of aromatic amines is 1. The first kappa shape index (κ1) is 25.7. The molecule has 9 nitrogen and oxygen atoms in total. The first-order valence-electron chi connectivity index (χ1n) is 12.9. The number of carboxylic acids is 1. The van der Waals surface area contributed by atoms with Crippen LogP contribution in [0.15, 0.2) is 47.3 Å². The zero-order valence-electron chi connectivity index (χ0n) is 22.2. The van der Waals surface area contributed by atoms with Gasteiger partial charge in [0.05, 0.1) is 17.6 Å². The number of rotatable bonds is 7. The molecule has 5 rings (SSSR count). The molecule has 9 heteroatoms. The highest BCUT2D eigenvalue weighted by Gasteiger charge is 2.25. The molecule has 0 radical (unpaired) electrons. The van der Waals surface area contributed by atoms with Crippen molar-refractivity contribution < 1.29 is 14.6 Å². The molecule has 2 aromatic heterocycles. The highest BCUT2D eigenvalue weighted by atomic mass is 16.5. The minimum Gasteiger partial charge on any atom is -0.487 e. The van der Waals surface area contributed by atoms with E-state index in [2.05, 4.69) is 46.2 Å². The maximum Gasteiger partial charge on any atom is 0.304 e. The average Bonchev–Trinajstić information content (AvgIpc) is 3.17. The summed E-state index contributed by atoms with van der Waals surface area (Å²) in [5, 5.41) is 18.3. The average molecular weight is 516 g/mol. The third-order valence-corrected chi connectivity index (χ3v) is 7.55. The highest BCUT2D eigenvalue weighted by molar-refractivity contribution is 5.80. The number of ether oxygens (including phenoxy) is 1. The van der Waals surface area contributed by atoms with E-state index in [9.17, 15) is 14.7 Å². The summed E-state index contributed by atoms with van der Waals surface area (Å²) in [6, 6.07) is 13.4. The molecule has 2 aromatic carbocycles. The quantitative estimate of drug-likeness (QED) is 0.382. The number of aliphatic carboxylic acids is 1. The van der Waals surface area contributed by atoms with Crippen molar-refractivity contribution in [3.8, 4) is 5.75 Å². The zero-order chi connectivity index (χ0) is 27.0. The topological polar surface area (TPSA) is 113 Å². The highest BCUT2D eigenvalue weighted by Crippen LogP contribution is 2.34. The predicted octanol–water partition coefficient (Wildman–Crippen LogP) is 4.05. The number of benzene rings is 2. The van der Waals surface area contributed by atoms with E-state index in [-0.39, 0.29) is 24.0 Å². The predicted molar refractivity (Wildman–Crippen MR) is 144 cm³/mol. The summed E-state index contributed by atoms with van der Waals surface area (Å²) < 4.78 is 7.91. The molecule has 0 saturated carbocycles. The fourth-order valence-corrected chi connectivity index (χ4v) is 5.39. The van der Waals surface area contributed by atoms with Crippen LogP contribution >= 0.6 is 0 Å². The van der Waals surface area contributed by atoms with Crippen LogP contribution in [0.1, 0.15) is 59.2 Å². The lowest BCUT2D eigenvalue weighted by atomic mass is 9.84. The van der Waals surface area contributed by atoms with Crippen LogP contribution in [0.4, 0.5) is 0 Å². The van der Waals surface area contributed by atoms with Gasteiger partial charge in [-0.3, -0.25) is 14.5 Å². The Bertz CT molecular complexity index is 1560. The van der Waals surface area contributed by atoms with E-state index < -0.39 is 5.97 Å². The maximum absolute atomic E-state index is 12.0. The van der Waals surface area contributed by atoms with Crippen molar-refractivity contribution in [1.82, 2.24) is 24.9 Å². The Hall–Kier alpha value is -3.98. The second kappa shape index (κ2) is 10.4. The molecule has 198 valence electrons. The number of fused-ring (bicyclic) bond motifs is 2. The molecule has 2 N–H and O–H groups in total. The number of carboxylic acid groups (broad SMARTS) is 1. The molecule has 0 bridgehead atoms. The van der Waals surface area contributed by atoms with E-state index >= 15 is 0 Å². The lowest BCUT2D eigenvalue weighted by Gasteiger charge is -2.25.